The summed E-state index contributed by atoms with van der Waals surface area (Å²) in [7, 11) is 0. The fourth-order valence-corrected chi connectivity index (χ4v) is 2.62. The molecule has 0 atom stereocenters. The van der Waals surface area contributed by atoms with Crippen molar-refractivity contribution in [3.05, 3.63) is 83.6 Å². The summed E-state index contributed by atoms with van der Waals surface area (Å²) in [6.45, 7) is 0.661. The van der Waals surface area contributed by atoms with E-state index in [1.165, 1.54) is 0 Å². The van der Waals surface area contributed by atoms with Crippen molar-refractivity contribution in [3.8, 4) is 0 Å². The molecule has 1 heterocycles. The molecule has 2 heteroatoms. The zero-order valence-electron chi connectivity index (χ0n) is 11.3. The smallest absolute Gasteiger partial charge is 0.172 e. The molecule has 0 aromatic heterocycles. The van der Waals surface area contributed by atoms with E-state index in [4.69, 9.17) is 4.74 Å². The zero-order valence-corrected chi connectivity index (χ0v) is 11.3. The minimum atomic E-state index is -1.21. The van der Waals surface area contributed by atoms with E-state index in [1.54, 1.807) is 0 Å². The summed E-state index contributed by atoms with van der Waals surface area (Å²) in [5, 5.41) is 11.4. The second-order valence-electron chi connectivity index (χ2n) is 5.00. The third-order valence-electron chi connectivity index (χ3n) is 3.68. The van der Waals surface area contributed by atoms with Crippen LogP contribution in [-0.2, 0) is 10.3 Å². The molecule has 3 rings (SSSR count). The number of hydrogen-bond acceptors (Lipinski definition) is 2. The van der Waals surface area contributed by atoms with Crippen molar-refractivity contribution in [2.24, 2.45) is 0 Å². The van der Waals surface area contributed by atoms with Crippen LogP contribution in [0.1, 0.15) is 24.0 Å². The summed E-state index contributed by atoms with van der Waals surface area (Å²) in [5.41, 5.74) is 0.460. The lowest BCUT2D eigenvalue weighted by Gasteiger charge is -2.33. The predicted octanol–water partition coefficient (Wildman–Crippen LogP) is 3.62. The molecule has 2 aromatic carbocycles. The monoisotopic (exact) mass is 266 g/mol. The van der Waals surface area contributed by atoms with E-state index in [2.05, 4.69) is 0 Å². The van der Waals surface area contributed by atoms with Gasteiger partial charge >= 0.3 is 0 Å². The Hall–Kier alpha value is -2.06. The molecule has 0 fully saturated rings. The van der Waals surface area contributed by atoms with E-state index in [1.807, 2.05) is 66.7 Å². The summed E-state index contributed by atoms with van der Waals surface area (Å²) in [6, 6.07) is 19.4. The first-order valence-electron chi connectivity index (χ1n) is 6.98. The topological polar surface area (TPSA) is 29.5 Å². The van der Waals surface area contributed by atoms with Gasteiger partial charge in [-0.1, -0.05) is 60.7 Å². The maximum atomic E-state index is 11.4. The highest BCUT2D eigenvalue weighted by Gasteiger charge is 2.38. The quantitative estimate of drug-likeness (QED) is 0.919. The van der Waals surface area contributed by atoms with E-state index in [-0.39, 0.29) is 0 Å². The highest BCUT2D eigenvalue weighted by Crippen LogP contribution is 2.38. The Balaban J connectivity index is 2.15. The number of benzene rings is 2. The van der Waals surface area contributed by atoms with Gasteiger partial charge in [0.1, 0.15) is 5.76 Å². The average molecular weight is 266 g/mol. The van der Waals surface area contributed by atoms with Crippen LogP contribution in [0, 0.1) is 0 Å². The molecule has 20 heavy (non-hydrogen) atoms. The Bertz CT molecular complexity index is 548. The second-order valence-corrected chi connectivity index (χ2v) is 5.00. The number of ether oxygens (including phenoxy) is 1. The van der Waals surface area contributed by atoms with Crippen LogP contribution in [0.4, 0.5) is 0 Å². The molecule has 0 spiro atoms. The van der Waals surface area contributed by atoms with Crippen molar-refractivity contribution in [1.82, 2.24) is 0 Å². The molecule has 1 aliphatic rings. The summed E-state index contributed by atoms with van der Waals surface area (Å²) in [6.07, 6.45) is 3.95. The Kier molecular flexibility index (Phi) is 3.57. The van der Waals surface area contributed by atoms with E-state index in [0.717, 1.165) is 24.0 Å². The molecule has 2 aromatic rings. The van der Waals surface area contributed by atoms with E-state index < -0.39 is 5.60 Å². The summed E-state index contributed by atoms with van der Waals surface area (Å²) in [5.74, 6) is 0.640. The van der Waals surface area contributed by atoms with E-state index in [9.17, 15) is 5.11 Å². The first kappa shape index (κ1) is 12.9. The Labute approximate surface area is 119 Å². The molecule has 0 radical (unpaired) electrons. The van der Waals surface area contributed by atoms with Crippen LogP contribution in [0.25, 0.3) is 0 Å². The fourth-order valence-electron chi connectivity index (χ4n) is 2.62. The molecule has 0 bridgehead atoms. The van der Waals surface area contributed by atoms with Crippen molar-refractivity contribution in [2.45, 2.75) is 18.4 Å². The Morgan fingerprint density at radius 3 is 1.85 bits per heavy atom. The van der Waals surface area contributed by atoms with Crippen molar-refractivity contribution < 1.29 is 9.84 Å². The average Bonchev–Trinajstić information content (AvgIpc) is 2.56. The minimum absolute atomic E-state index is 0.640. The summed E-state index contributed by atoms with van der Waals surface area (Å²) >= 11 is 0. The van der Waals surface area contributed by atoms with Gasteiger partial charge in [0.15, 0.2) is 5.60 Å². The van der Waals surface area contributed by atoms with Gasteiger partial charge in [0, 0.05) is 0 Å². The van der Waals surface area contributed by atoms with Crippen LogP contribution >= 0.6 is 0 Å². The Morgan fingerprint density at radius 1 is 0.850 bits per heavy atom. The molecule has 1 N–H and O–H groups in total. The molecule has 2 nitrogen and oxygen atoms in total. The van der Waals surface area contributed by atoms with Gasteiger partial charge < -0.3 is 9.84 Å². The SMILES string of the molecule is OC(C1=CCCCO1)(c1ccccc1)c1ccccc1. The fraction of sp³-hybridized carbons (Fsp3) is 0.222. The molecule has 0 unspecified atom stereocenters. The second kappa shape index (κ2) is 5.51. The van der Waals surface area contributed by atoms with Crippen molar-refractivity contribution in [1.29, 1.82) is 0 Å². The summed E-state index contributed by atoms with van der Waals surface area (Å²) < 4.78 is 5.76. The Morgan fingerprint density at radius 2 is 1.40 bits per heavy atom. The minimum Gasteiger partial charge on any atom is -0.494 e. The highest BCUT2D eigenvalue weighted by atomic mass is 16.5. The number of allylic oxidation sites excluding steroid dienone is 1. The van der Waals surface area contributed by atoms with Gasteiger partial charge in [-0.15, -0.1) is 0 Å². The van der Waals surface area contributed by atoms with E-state index >= 15 is 0 Å². The number of hydrogen-bond donors (Lipinski definition) is 1. The molecular weight excluding hydrogens is 248 g/mol. The third-order valence-corrected chi connectivity index (χ3v) is 3.68. The molecule has 102 valence electrons. The van der Waals surface area contributed by atoms with Crippen molar-refractivity contribution >= 4 is 0 Å². The van der Waals surface area contributed by atoms with Gasteiger partial charge in [-0.05, 0) is 30.0 Å². The number of aliphatic hydroxyl groups is 1. The predicted molar refractivity (Wildman–Crippen MR) is 79.2 cm³/mol. The van der Waals surface area contributed by atoms with Crippen molar-refractivity contribution in [2.75, 3.05) is 6.61 Å². The van der Waals surface area contributed by atoms with Gasteiger partial charge in [0.2, 0.25) is 0 Å². The normalized spacial score (nSPS) is 15.3. The zero-order chi connectivity index (χ0) is 13.8. The lowest BCUT2D eigenvalue weighted by Crippen LogP contribution is -2.32. The van der Waals surface area contributed by atoms with Gasteiger partial charge in [0.05, 0.1) is 6.61 Å². The lowest BCUT2D eigenvalue weighted by atomic mass is 9.83. The molecule has 0 saturated heterocycles. The van der Waals surface area contributed by atoms with E-state index in [0.29, 0.717) is 12.4 Å². The lowest BCUT2D eigenvalue weighted by molar-refractivity contribution is 0.0315. The number of rotatable bonds is 3. The third kappa shape index (κ3) is 2.23. The largest absolute Gasteiger partial charge is 0.494 e. The van der Waals surface area contributed by atoms with Crippen LogP contribution in [0.15, 0.2) is 72.5 Å². The van der Waals surface area contributed by atoms with Crippen LogP contribution in [0.3, 0.4) is 0 Å². The highest BCUT2D eigenvalue weighted by molar-refractivity contribution is 5.43. The summed E-state index contributed by atoms with van der Waals surface area (Å²) in [4.78, 5) is 0. The molecule has 0 saturated carbocycles. The van der Waals surface area contributed by atoms with Crippen LogP contribution in [0.2, 0.25) is 0 Å². The molecule has 0 aliphatic carbocycles. The first-order chi connectivity index (χ1) is 9.82. The van der Waals surface area contributed by atoms with Crippen LogP contribution in [0.5, 0.6) is 0 Å². The van der Waals surface area contributed by atoms with Crippen molar-refractivity contribution in [3.63, 3.8) is 0 Å². The van der Waals surface area contributed by atoms with Gasteiger partial charge in [0.25, 0.3) is 0 Å². The van der Waals surface area contributed by atoms with Crippen LogP contribution < -0.4 is 0 Å². The molecule has 0 amide bonds. The van der Waals surface area contributed by atoms with Gasteiger partial charge in [-0.25, -0.2) is 0 Å². The maximum Gasteiger partial charge on any atom is 0.172 e. The van der Waals surface area contributed by atoms with Crippen LogP contribution in [-0.4, -0.2) is 11.7 Å². The maximum absolute atomic E-state index is 11.4. The van der Waals surface area contributed by atoms with Gasteiger partial charge in [-0.2, -0.15) is 0 Å². The first-order valence-corrected chi connectivity index (χ1v) is 6.98. The molecule has 1 aliphatic heterocycles. The standard InChI is InChI=1S/C18H18O2/c19-18(15-9-3-1-4-10-15,16-11-5-2-6-12-16)17-13-7-8-14-20-17/h1-6,9-13,19H,7-8,14H2. The molecular formula is C18H18O2. The van der Waals surface area contributed by atoms with Gasteiger partial charge in [-0.3, -0.25) is 0 Å².